The lowest BCUT2D eigenvalue weighted by Gasteiger charge is -2.42. The van der Waals surface area contributed by atoms with Crippen molar-refractivity contribution in [1.82, 2.24) is 4.31 Å². The highest BCUT2D eigenvalue weighted by Crippen LogP contribution is 2.47. The molecule has 0 bridgehead atoms. The van der Waals surface area contributed by atoms with Gasteiger partial charge in [-0.05, 0) is 66.8 Å². The van der Waals surface area contributed by atoms with Crippen LogP contribution in [0.25, 0.3) is 0 Å². The average Bonchev–Trinajstić information content (AvgIpc) is 3.42. The van der Waals surface area contributed by atoms with Gasteiger partial charge < -0.3 is 25.1 Å². The number of aliphatic hydroxyl groups is 1. The van der Waals surface area contributed by atoms with Crippen LogP contribution in [0.4, 0.5) is 4.79 Å². The summed E-state index contributed by atoms with van der Waals surface area (Å²) >= 11 is 0. The van der Waals surface area contributed by atoms with Crippen LogP contribution >= 0.6 is 0 Å². The highest BCUT2D eigenvalue weighted by Gasteiger charge is 2.47. The number of ether oxygens (including phenoxy) is 3. The molecule has 1 heterocycles. The number of fused-ring (bicyclic) bond motifs is 1. The monoisotopic (exact) mass is 574 g/mol. The number of benzene rings is 2. The van der Waals surface area contributed by atoms with E-state index < -0.39 is 28.3 Å². The van der Waals surface area contributed by atoms with Crippen LogP contribution in [0.5, 0.6) is 5.75 Å². The molecule has 40 heavy (non-hydrogen) atoms. The predicted molar refractivity (Wildman–Crippen MR) is 151 cm³/mol. The molecular weight excluding hydrogens is 532 g/mol. The second-order valence-electron chi connectivity index (χ2n) is 11.3. The normalized spacial score (nSPS) is 23.4. The van der Waals surface area contributed by atoms with Crippen LogP contribution in [0.2, 0.25) is 0 Å². The maximum atomic E-state index is 13.8. The Balaban J connectivity index is 1.70. The van der Waals surface area contributed by atoms with Crippen LogP contribution < -0.4 is 10.5 Å². The Hall–Kier alpha value is -2.66. The summed E-state index contributed by atoms with van der Waals surface area (Å²) in [5.74, 6) is 0.453. The van der Waals surface area contributed by atoms with Crippen molar-refractivity contribution < 1.29 is 32.5 Å². The van der Waals surface area contributed by atoms with Gasteiger partial charge in [-0.3, -0.25) is 0 Å². The van der Waals surface area contributed by atoms with Crippen LogP contribution in [0.3, 0.4) is 0 Å². The highest BCUT2D eigenvalue weighted by atomic mass is 32.2. The Morgan fingerprint density at radius 1 is 1.07 bits per heavy atom. The maximum Gasteiger partial charge on any atom is 0.404 e. The summed E-state index contributed by atoms with van der Waals surface area (Å²) < 4.78 is 45.7. The zero-order valence-electron chi connectivity index (χ0n) is 23.5. The number of hydrogen-bond donors (Lipinski definition) is 2. The molecule has 4 rings (SSSR count). The first kappa shape index (κ1) is 30.3. The summed E-state index contributed by atoms with van der Waals surface area (Å²) in [5.41, 5.74) is 6.47. The molecule has 6 atom stereocenters. The van der Waals surface area contributed by atoms with E-state index in [0.717, 1.165) is 31.2 Å². The van der Waals surface area contributed by atoms with E-state index in [2.05, 4.69) is 0 Å². The molecule has 9 nitrogen and oxygen atoms in total. The Morgan fingerprint density at radius 2 is 1.77 bits per heavy atom. The summed E-state index contributed by atoms with van der Waals surface area (Å²) in [6.07, 6.45) is 0.461. The fraction of sp³-hybridized carbons (Fsp3) is 0.567. The molecular formula is C30H42N2O7S. The van der Waals surface area contributed by atoms with E-state index in [1.54, 1.807) is 12.1 Å². The number of nitrogens with zero attached hydrogens (tertiary/aromatic N) is 1. The average molecular weight is 575 g/mol. The molecule has 2 fully saturated rings. The summed E-state index contributed by atoms with van der Waals surface area (Å²) in [4.78, 5) is 12.3. The van der Waals surface area contributed by atoms with E-state index in [1.165, 1.54) is 23.5 Å². The SMILES string of the molecule is COc1ccc(S(=O)(=O)N(CC(C)C)C[C@@H](O)[C@@H](OC(N)=O)C(c2ccccc2)[C@H]2CCC[C@H]3OCC[C@H]23)cc1. The van der Waals surface area contributed by atoms with E-state index in [-0.39, 0.29) is 47.8 Å². The van der Waals surface area contributed by atoms with Crippen molar-refractivity contribution in [3.05, 3.63) is 60.2 Å². The third kappa shape index (κ3) is 6.97. The highest BCUT2D eigenvalue weighted by molar-refractivity contribution is 7.89. The van der Waals surface area contributed by atoms with Gasteiger partial charge in [-0.1, -0.05) is 50.6 Å². The molecule has 1 aliphatic carbocycles. The predicted octanol–water partition coefficient (Wildman–Crippen LogP) is 4.16. The molecule has 0 radical (unpaired) electrons. The van der Waals surface area contributed by atoms with Crippen LogP contribution in [-0.2, 0) is 19.5 Å². The van der Waals surface area contributed by atoms with Crippen molar-refractivity contribution in [2.45, 2.75) is 68.7 Å². The van der Waals surface area contributed by atoms with Gasteiger partial charge in [0.1, 0.15) is 18.0 Å². The molecule has 0 aromatic heterocycles. The topological polar surface area (TPSA) is 128 Å². The molecule has 0 spiro atoms. The molecule has 2 aliphatic rings. The first-order valence-corrected chi connectivity index (χ1v) is 15.5. The minimum absolute atomic E-state index is 0.0182. The van der Waals surface area contributed by atoms with Gasteiger partial charge in [-0.2, -0.15) is 4.31 Å². The van der Waals surface area contributed by atoms with Crippen LogP contribution in [-0.4, -0.2) is 69.0 Å². The second kappa shape index (κ2) is 13.3. The Kier molecular flexibility index (Phi) is 10.1. The van der Waals surface area contributed by atoms with E-state index >= 15 is 0 Å². The molecule has 1 saturated heterocycles. The quantitative estimate of drug-likeness (QED) is 0.390. The van der Waals surface area contributed by atoms with Crippen LogP contribution in [0.15, 0.2) is 59.5 Å². The Bertz CT molecular complexity index is 1210. The van der Waals surface area contributed by atoms with Gasteiger partial charge in [0.25, 0.3) is 0 Å². The van der Waals surface area contributed by atoms with Crippen molar-refractivity contribution >= 4 is 16.1 Å². The molecule has 1 aliphatic heterocycles. The van der Waals surface area contributed by atoms with Crippen LogP contribution in [0.1, 0.15) is 51.0 Å². The molecule has 1 unspecified atom stereocenters. The van der Waals surface area contributed by atoms with Gasteiger partial charge in [0, 0.05) is 25.6 Å². The van der Waals surface area contributed by atoms with Gasteiger partial charge in [-0.25, -0.2) is 13.2 Å². The van der Waals surface area contributed by atoms with Gasteiger partial charge in [0.15, 0.2) is 0 Å². The number of rotatable bonds is 12. The third-order valence-corrected chi connectivity index (χ3v) is 9.97. The van der Waals surface area contributed by atoms with E-state index in [1.807, 2.05) is 44.2 Å². The number of amides is 1. The molecule has 2 aromatic rings. The number of nitrogens with two attached hydrogens (primary N) is 1. The number of primary amides is 1. The molecule has 3 N–H and O–H groups in total. The molecule has 10 heteroatoms. The summed E-state index contributed by atoms with van der Waals surface area (Å²) in [5, 5.41) is 11.7. The van der Waals surface area contributed by atoms with E-state index in [4.69, 9.17) is 19.9 Å². The number of sulfonamides is 1. The molecule has 1 amide bonds. The number of carbonyl (C=O) groups is 1. The number of methoxy groups -OCH3 is 1. The first-order chi connectivity index (χ1) is 19.1. The summed E-state index contributed by atoms with van der Waals surface area (Å²) in [6.45, 7) is 4.42. The summed E-state index contributed by atoms with van der Waals surface area (Å²) in [6, 6.07) is 15.8. The smallest absolute Gasteiger partial charge is 0.404 e. The second-order valence-corrected chi connectivity index (χ2v) is 13.2. The van der Waals surface area contributed by atoms with Crippen molar-refractivity contribution in [1.29, 1.82) is 0 Å². The lowest BCUT2D eigenvalue weighted by atomic mass is 9.66. The fourth-order valence-electron chi connectivity index (χ4n) is 6.44. The van der Waals surface area contributed by atoms with Crippen LogP contribution in [0, 0.1) is 17.8 Å². The van der Waals surface area contributed by atoms with E-state index in [0.29, 0.717) is 12.4 Å². The Labute approximate surface area is 237 Å². The minimum atomic E-state index is -3.98. The van der Waals surface area contributed by atoms with Crippen molar-refractivity contribution in [3.63, 3.8) is 0 Å². The van der Waals surface area contributed by atoms with Gasteiger partial charge in [-0.15, -0.1) is 0 Å². The standard InChI is InChI=1S/C30H42N2O7S/c1-20(2)18-32(40(35,36)23-14-12-22(37-3)13-15-23)19-26(33)29(39-30(31)34)28(21-8-5-4-6-9-21)25-10-7-11-27-24(25)16-17-38-27/h4-6,8-9,12-15,20,24-29,33H,7,10-11,16-19H2,1-3H3,(H2,31,34)/t24-,25+,26-,27-,28?,29-/m1/s1. The van der Waals surface area contributed by atoms with E-state index in [9.17, 15) is 18.3 Å². The summed E-state index contributed by atoms with van der Waals surface area (Å²) in [7, 11) is -2.47. The third-order valence-electron chi connectivity index (χ3n) is 8.12. The maximum absolute atomic E-state index is 13.8. The fourth-order valence-corrected chi connectivity index (χ4v) is 8.06. The number of hydrogen-bond acceptors (Lipinski definition) is 7. The largest absolute Gasteiger partial charge is 0.497 e. The van der Waals surface area contributed by atoms with Crippen molar-refractivity contribution in [2.24, 2.45) is 23.5 Å². The zero-order chi connectivity index (χ0) is 28.9. The lowest BCUT2D eigenvalue weighted by Crippen LogP contribution is -2.50. The molecule has 220 valence electrons. The lowest BCUT2D eigenvalue weighted by molar-refractivity contribution is -0.0453. The molecule has 1 saturated carbocycles. The van der Waals surface area contributed by atoms with Crippen molar-refractivity contribution in [3.8, 4) is 5.75 Å². The zero-order valence-corrected chi connectivity index (χ0v) is 24.3. The van der Waals surface area contributed by atoms with Gasteiger partial charge in [0.2, 0.25) is 10.0 Å². The minimum Gasteiger partial charge on any atom is -0.497 e. The van der Waals surface area contributed by atoms with Gasteiger partial charge in [0.05, 0.1) is 18.1 Å². The van der Waals surface area contributed by atoms with Crippen molar-refractivity contribution in [2.75, 3.05) is 26.8 Å². The van der Waals surface area contributed by atoms with Gasteiger partial charge >= 0.3 is 6.09 Å². The number of carbonyl (C=O) groups excluding carboxylic acids is 1. The number of aliphatic hydroxyl groups excluding tert-OH is 1. The first-order valence-electron chi connectivity index (χ1n) is 14.1. The molecule has 2 aromatic carbocycles. The Morgan fingerprint density at radius 3 is 2.40 bits per heavy atom.